The highest BCUT2D eigenvalue weighted by atomic mass is 79.9. The molecule has 0 aromatic heterocycles. The molecule has 1 aromatic rings. The third-order valence-corrected chi connectivity index (χ3v) is 3.74. The number of rotatable bonds is 3. The van der Waals surface area contributed by atoms with E-state index in [1.807, 2.05) is 18.2 Å². The fraction of sp³-hybridized carbons (Fsp3) is 0.357. The minimum Gasteiger partial charge on any atom is -0.478 e. The first-order valence-corrected chi connectivity index (χ1v) is 6.99. The average molecular weight is 325 g/mol. The SMILES string of the molecule is CN1CCN(c2cc(Br)ccc2/C=C/C(=O)O)CC1. The van der Waals surface area contributed by atoms with E-state index in [0.29, 0.717) is 0 Å². The van der Waals surface area contributed by atoms with Crippen molar-refractivity contribution in [2.24, 2.45) is 0 Å². The molecule has 1 heterocycles. The molecule has 1 fully saturated rings. The summed E-state index contributed by atoms with van der Waals surface area (Å²) in [6.45, 7) is 3.96. The van der Waals surface area contributed by atoms with Crippen LogP contribution in [-0.4, -0.2) is 49.2 Å². The summed E-state index contributed by atoms with van der Waals surface area (Å²) in [5.74, 6) is -0.924. The Balaban J connectivity index is 2.26. The van der Waals surface area contributed by atoms with Crippen molar-refractivity contribution in [3.8, 4) is 0 Å². The van der Waals surface area contributed by atoms with Gasteiger partial charge in [-0.05, 0) is 30.8 Å². The van der Waals surface area contributed by atoms with Gasteiger partial charge in [-0.15, -0.1) is 0 Å². The highest BCUT2D eigenvalue weighted by Crippen LogP contribution is 2.27. The van der Waals surface area contributed by atoms with E-state index in [0.717, 1.165) is 41.9 Å². The van der Waals surface area contributed by atoms with Crippen LogP contribution in [0, 0.1) is 0 Å². The number of likely N-dealkylation sites (N-methyl/N-ethyl adjacent to an activating group) is 1. The summed E-state index contributed by atoms with van der Waals surface area (Å²) in [6, 6.07) is 5.92. The molecule has 5 heteroatoms. The number of carboxylic acid groups (broad SMARTS) is 1. The van der Waals surface area contributed by atoms with Crippen LogP contribution in [0.15, 0.2) is 28.7 Å². The molecule has 0 bridgehead atoms. The van der Waals surface area contributed by atoms with Gasteiger partial charge >= 0.3 is 5.97 Å². The van der Waals surface area contributed by atoms with Crippen molar-refractivity contribution in [1.29, 1.82) is 0 Å². The zero-order valence-electron chi connectivity index (χ0n) is 10.8. The Bertz CT molecular complexity index is 494. The maximum Gasteiger partial charge on any atom is 0.328 e. The van der Waals surface area contributed by atoms with Gasteiger partial charge in [-0.2, -0.15) is 0 Å². The van der Waals surface area contributed by atoms with Crippen LogP contribution in [0.3, 0.4) is 0 Å². The fourth-order valence-corrected chi connectivity index (χ4v) is 2.49. The van der Waals surface area contributed by atoms with Gasteiger partial charge < -0.3 is 14.9 Å². The first kappa shape index (κ1) is 14.1. The molecule has 19 heavy (non-hydrogen) atoms. The van der Waals surface area contributed by atoms with Crippen LogP contribution in [0.5, 0.6) is 0 Å². The summed E-state index contributed by atoms with van der Waals surface area (Å²) < 4.78 is 1.01. The summed E-state index contributed by atoms with van der Waals surface area (Å²) in [5.41, 5.74) is 2.02. The minimum absolute atomic E-state index is 0.924. The van der Waals surface area contributed by atoms with Gasteiger partial charge in [0.25, 0.3) is 0 Å². The van der Waals surface area contributed by atoms with Crippen LogP contribution in [0.25, 0.3) is 6.08 Å². The number of hydrogen-bond donors (Lipinski definition) is 1. The lowest BCUT2D eigenvalue weighted by Crippen LogP contribution is -2.44. The number of anilines is 1. The maximum atomic E-state index is 10.7. The Morgan fingerprint density at radius 3 is 2.63 bits per heavy atom. The number of aliphatic carboxylic acids is 1. The number of benzene rings is 1. The summed E-state index contributed by atoms with van der Waals surface area (Å²) >= 11 is 3.48. The van der Waals surface area contributed by atoms with Crippen LogP contribution < -0.4 is 4.90 Å². The molecule has 0 aliphatic carbocycles. The second-order valence-electron chi connectivity index (χ2n) is 4.67. The van der Waals surface area contributed by atoms with Gasteiger partial charge in [-0.3, -0.25) is 0 Å². The lowest BCUT2D eigenvalue weighted by Gasteiger charge is -2.35. The molecule has 0 spiro atoms. The van der Waals surface area contributed by atoms with Gasteiger partial charge in [0, 0.05) is 42.4 Å². The molecule has 1 aliphatic rings. The normalized spacial score (nSPS) is 17.1. The fourth-order valence-electron chi connectivity index (χ4n) is 2.14. The van der Waals surface area contributed by atoms with Crippen LogP contribution in [0.1, 0.15) is 5.56 Å². The van der Waals surface area contributed by atoms with Crippen molar-refractivity contribution in [2.45, 2.75) is 0 Å². The Hall–Kier alpha value is -1.33. The van der Waals surface area contributed by atoms with Crippen LogP contribution in [0.4, 0.5) is 5.69 Å². The molecule has 0 saturated carbocycles. The third-order valence-electron chi connectivity index (χ3n) is 3.24. The molecule has 1 aromatic carbocycles. The molecule has 0 unspecified atom stereocenters. The van der Waals surface area contributed by atoms with Crippen LogP contribution in [0.2, 0.25) is 0 Å². The Morgan fingerprint density at radius 1 is 1.32 bits per heavy atom. The topological polar surface area (TPSA) is 43.8 Å². The predicted octanol–water partition coefficient (Wildman–Crippen LogP) is 2.30. The number of hydrogen-bond acceptors (Lipinski definition) is 3. The average Bonchev–Trinajstić information content (AvgIpc) is 2.38. The maximum absolute atomic E-state index is 10.7. The lowest BCUT2D eigenvalue weighted by molar-refractivity contribution is -0.131. The molecule has 0 radical (unpaired) electrons. The van der Waals surface area contributed by atoms with Crippen molar-refractivity contribution >= 4 is 33.7 Å². The molecule has 4 nitrogen and oxygen atoms in total. The zero-order chi connectivity index (χ0) is 13.8. The van der Waals surface area contributed by atoms with Gasteiger partial charge in [-0.1, -0.05) is 22.0 Å². The smallest absolute Gasteiger partial charge is 0.328 e. The molecule has 1 N–H and O–H groups in total. The van der Waals surface area contributed by atoms with Crippen LogP contribution >= 0.6 is 15.9 Å². The first-order valence-electron chi connectivity index (χ1n) is 6.20. The number of halogens is 1. The van der Waals surface area contributed by atoms with Gasteiger partial charge in [0.2, 0.25) is 0 Å². The van der Waals surface area contributed by atoms with Gasteiger partial charge in [0.1, 0.15) is 0 Å². The van der Waals surface area contributed by atoms with E-state index in [1.165, 1.54) is 6.08 Å². The van der Waals surface area contributed by atoms with Crippen molar-refractivity contribution < 1.29 is 9.90 Å². The molecular formula is C14H17BrN2O2. The quantitative estimate of drug-likeness (QED) is 0.866. The third kappa shape index (κ3) is 3.81. The molecule has 102 valence electrons. The standard InChI is InChI=1S/C14H17BrN2O2/c1-16-6-8-17(9-7-16)13-10-12(15)4-2-11(13)3-5-14(18)19/h2-5,10H,6-9H2,1H3,(H,18,19)/b5-3+. The molecule has 1 saturated heterocycles. The number of carbonyl (C=O) groups is 1. The molecule has 2 rings (SSSR count). The van der Waals surface area contributed by atoms with E-state index >= 15 is 0 Å². The molecule has 1 aliphatic heterocycles. The van der Waals surface area contributed by atoms with E-state index in [9.17, 15) is 4.79 Å². The lowest BCUT2D eigenvalue weighted by atomic mass is 10.1. The number of nitrogens with zero attached hydrogens (tertiary/aromatic N) is 2. The van der Waals surface area contributed by atoms with Gasteiger partial charge in [0.05, 0.1) is 0 Å². The Kier molecular flexibility index (Phi) is 4.61. The monoisotopic (exact) mass is 324 g/mol. The van der Waals surface area contributed by atoms with Gasteiger partial charge in [0.15, 0.2) is 0 Å². The van der Waals surface area contributed by atoms with Crippen molar-refractivity contribution in [3.05, 3.63) is 34.3 Å². The largest absolute Gasteiger partial charge is 0.478 e. The summed E-state index contributed by atoms with van der Waals surface area (Å²) in [7, 11) is 2.11. The van der Waals surface area contributed by atoms with E-state index in [1.54, 1.807) is 6.08 Å². The van der Waals surface area contributed by atoms with Crippen molar-refractivity contribution in [3.63, 3.8) is 0 Å². The summed E-state index contributed by atoms with van der Waals surface area (Å²) in [6.07, 6.45) is 2.84. The first-order chi connectivity index (χ1) is 9.06. The Morgan fingerprint density at radius 2 is 2.00 bits per heavy atom. The molecular weight excluding hydrogens is 308 g/mol. The Labute approximate surface area is 121 Å². The van der Waals surface area contributed by atoms with E-state index in [2.05, 4.69) is 32.8 Å². The number of piperazine rings is 1. The highest BCUT2D eigenvalue weighted by Gasteiger charge is 2.16. The second kappa shape index (κ2) is 6.21. The van der Waals surface area contributed by atoms with E-state index < -0.39 is 5.97 Å². The predicted molar refractivity (Wildman–Crippen MR) is 80.5 cm³/mol. The molecule has 0 amide bonds. The van der Waals surface area contributed by atoms with Crippen molar-refractivity contribution in [1.82, 2.24) is 4.90 Å². The highest BCUT2D eigenvalue weighted by molar-refractivity contribution is 9.10. The second-order valence-corrected chi connectivity index (χ2v) is 5.58. The van der Waals surface area contributed by atoms with Gasteiger partial charge in [-0.25, -0.2) is 4.79 Å². The zero-order valence-corrected chi connectivity index (χ0v) is 12.4. The molecule has 0 atom stereocenters. The summed E-state index contributed by atoms with van der Waals surface area (Å²) in [4.78, 5) is 15.2. The van der Waals surface area contributed by atoms with Crippen molar-refractivity contribution in [2.75, 3.05) is 38.1 Å². The van der Waals surface area contributed by atoms with Crippen LogP contribution in [-0.2, 0) is 4.79 Å². The van der Waals surface area contributed by atoms with E-state index in [4.69, 9.17) is 5.11 Å². The summed E-state index contributed by atoms with van der Waals surface area (Å²) in [5, 5.41) is 8.75. The van der Waals surface area contributed by atoms with E-state index in [-0.39, 0.29) is 0 Å². The minimum atomic E-state index is -0.924. The number of carboxylic acids is 1.